The van der Waals surface area contributed by atoms with Crippen LogP contribution >= 0.6 is 11.3 Å². The van der Waals surface area contributed by atoms with Crippen molar-refractivity contribution in [1.82, 2.24) is 30.0 Å². The average Bonchev–Trinajstić information content (AvgIpc) is 3.51. The van der Waals surface area contributed by atoms with Crippen LogP contribution in [0.1, 0.15) is 35.7 Å². The topological polar surface area (TPSA) is 62.1 Å². The van der Waals surface area contributed by atoms with Crippen molar-refractivity contribution in [3.05, 3.63) is 35.2 Å². The minimum Gasteiger partial charge on any atom is -0.355 e. The van der Waals surface area contributed by atoms with Crippen molar-refractivity contribution < 1.29 is 13.2 Å². The molecule has 6 heterocycles. The summed E-state index contributed by atoms with van der Waals surface area (Å²) >= 11 is 1.12. The summed E-state index contributed by atoms with van der Waals surface area (Å²) in [5.74, 6) is 1.40. The van der Waals surface area contributed by atoms with Gasteiger partial charge in [0.05, 0.1) is 18.0 Å². The zero-order valence-corrected chi connectivity index (χ0v) is 20.6. The van der Waals surface area contributed by atoms with Crippen molar-refractivity contribution in [1.29, 1.82) is 0 Å². The minimum absolute atomic E-state index is 0.204. The van der Waals surface area contributed by atoms with Crippen LogP contribution in [0.4, 0.5) is 19.0 Å². The summed E-state index contributed by atoms with van der Waals surface area (Å²) < 4.78 is 40.7. The lowest BCUT2D eigenvalue weighted by Crippen LogP contribution is -2.59. The van der Waals surface area contributed by atoms with Crippen LogP contribution in [-0.4, -0.2) is 70.1 Å². The second-order valence-electron chi connectivity index (χ2n) is 10.5. The monoisotopic (exact) mass is 505 g/mol. The number of likely N-dealkylation sites (tertiary alicyclic amines) is 1. The number of aryl methyl sites for hydroxylation is 1. The number of aromatic nitrogens is 4. The maximum absolute atomic E-state index is 12.9. The van der Waals surface area contributed by atoms with Crippen molar-refractivity contribution in [2.24, 2.45) is 18.4 Å². The van der Waals surface area contributed by atoms with E-state index in [2.05, 4.69) is 36.4 Å². The molecular formula is C24H30F3N7S. The first-order valence-electron chi connectivity index (χ1n) is 12.3. The van der Waals surface area contributed by atoms with Gasteiger partial charge in [0.1, 0.15) is 17.0 Å². The SMILES string of the molecule is Cn1cc([C@H](C2CCNCC2)N2CC3(CCN(c4ncnc5sc(CC(F)(F)F)cc45)C3)C2)cn1. The van der Waals surface area contributed by atoms with Crippen LogP contribution in [0.15, 0.2) is 24.8 Å². The number of fused-ring (bicyclic) bond motifs is 1. The number of piperidine rings is 1. The van der Waals surface area contributed by atoms with E-state index >= 15 is 0 Å². The Kier molecular flexibility index (Phi) is 5.76. The molecule has 0 aliphatic carbocycles. The van der Waals surface area contributed by atoms with Gasteiger partial charge in [0, 0.05) is 61.3 Å². The molecule has 3 saturated heterocycles. The summed E-state index contributed by atoms with van der Waals surface area (Å²) in [5, 5.41) is 8.68. The van der Waals surface area contributed by atoms with Crippen molar-refractivity contribution in [3.8, 4) is 0 Å². The number of anilines is 1. The molecule has 3 aromatic rings. The Labute approximate surface area is 206 Å². The van der Waals surface area contributed by atoms with Gasteiger partial charge in [-0.2, -0.15) is 18.3 Å². The zero-order valence-electron chi connectivity index (χ0n) is 19.8. The lowest BCUT2D eigenvalue weighted by Gasteiger charge is -2.53. The Balaban J connectivity index is 1.19. The molecule has 0 aromatic carbocycles. The maximum Gasteiger partial charge on any atom is 0.393 e. The number of nitrogens with one attached hydrogen (secondary N) is 1. The number of thiophene rings is 1. The van der Waals surface area contributed by atoms with Gasteiger partial charge in [-0.15, -0.1) is 11.3 Å². The maximum atomic E-state index is 12.9. The van der Waals surface area contributed by atoms with E-state index in [0.29, 0.717) is 21.7 Å². The van der Waals surface area contributed by atoms with Crippen molar-refractivity contribution in [2.75, 3.05) is 44.2 Å². The van der Waals surface area contributed by atoms with Gasteiger partial charge in [-0.3, -0.25) is 9.58 Å². The second kappa shape index (κ2) is 8.70. The molecule has 0 radical (unpaired) electrons. The van der Waals surface area contributed by atoms with Crippen LogP contribution in [0, 0.1) is 11.3 Å². The molecule has 1 spiro atoms. The summed E-state index contributed by atoms with van der Waals surface area (Å²) in [6, 6.07) is 2.02. The second-order valence-corrected chi connectivity index (χ2v) is 11.6. The smallest absolute Gasteiger partial charge is 0.355 e. The molecule has 7 nitrogen and oxygen atoms in total. The summed E-state index contributed by atoms with van der Waals surface area (Å²) in [7, 11) is 1.97. The fraction of sp³-hybridized carbons (Fsp3) is 0.625. The Bertz CT molecular complexity index is 1190. The van der Waals surface area contributed by atoms with Gasteiger partial charge in [0.25, 0.3) is 0 Å². The average molecular weight is 506 g/mol. The third kappa shape index (κ3) is 4.53. The molecule has 6 rings (SSSR count). The van der Waals surface area contributed by atoms with E-state index in [0.717, 1.165) is 68.2 Å². The molecule has 188 valence electrons. The van der Waals surface area contributed by atoms with Gasteiger partial charge in [-0.1, -0.05) is 0 Å². The molecule has 0 saturated carbocycles. The van der Waals surface area contributed by atoms with E-state index in [1.54, 1.807) is 6.07 Å². The summed E-state index contributed by atoms with van der Waals surface area (Å²) in [6.07, 6.45) is 3.94. The number of hydrogen-bond donors (Lipinski definition) is 1. The van der Waals surface area contributed by atoms with Crippen LogP contribution in [0.2, 0.25) is 0 Å². The quantitative estimate of drug-likeness (QED) is 0.570. The lowest BCUT2D eigenvalue weighted by molar-refractivity contribution is -0.126. The van der Waals surface area contributed by atoms with Gasteiger partial charge in [0.2, 0.25) is 0 Å². The van der Waals surface area contributed by atoms with Gasteiger partial charge >= 0.3 is 6.18 Å². The van der Waals surface area contributed by atoms with E-state index in [-0.39, 0.29) is 5.41 Å². The first-order chi connectivity index (χ1) is 16.8. The van der Waals surface area contributed by atoms with E-state index < -0.39 is 12.6 Å². The molecule has 0 bridgehead atoms. The molecule has 3 aromatic heterocycles. The van der Waals surface area contributed by atoms with Gasteiger partial charge < -0.3 is 10.2 Å². The molecule has 11 heteroatoms. The molecule has 1 atom stereocenters. The highest BCUT2D eigenvalue weighted by molar-refractivity contribution is 7.18. The zero-order chi connectivity index (χ0) is 24.2. The normalized spacial score (nSPS) is 22.2. The highest BCUT2D eigenvalue weighted by Gasteiger charge is 2.51. The van der Waals surface area contributed by atoms with Crippen LogP contribution in [-0.2, 0) is 13.5 Å². The van der Waals surface area contributed by atoms with E-state index in [1.807, 2.05) is 17.9 Å². The van der Waals surface area contributed by atoms with Crippen LogP contribution in [0.3, 0.4) is 0 Å². The van der Waals surface area contributed by atoms with E-state index in [1.165, 1.54) is 24.7 Å². The molecule has 0 amide bonds. The molecule has 35 heavy (non-hydrogen) atoms. The number of halogens is 3. The highest BCUT2D eigenvalue weighted by atomic mass is 32.1. The summed E-state index contributed by atoms with van der Waals surface area (Å²) in [5.41, 5.74) is 1.51. The Hall–Kier alpha value is -2.24. The van der Waals surface area contributed by atoms with E-state index in [4.69, 9.17) is 0 Å². The Morgan fingerprint density at radius 1 is 1.20 bits per heavy atom. The van der Waals surface area contributed by atoms with Crippen LogP contribution in [0.25, 0.3) is 10.2 Å². The fourth-order valence-corrected chi connectivity index (χ4v) is 7.37. The van der Waals surface area contributed by atoms with Gasteiger partial charge in [-0.25, -0.2) is 9.97 Å². The summed E-state index contributed by atoms with van der Waals surface area (Å²) in [4.78, 5) is 14.6. The largest absolute Gasteiger partial charge is 0.393 e. The fourth-order valence-electron chi connectivity index (χ4n) is 6.35. The lowest BCUT2D eigenvalue weighted by atomic mass is 9.75. The first kappa shape index (κ1) is 23.2. The minimum atomic E-state index is -4.22. The highest BCUT2D eigenvalue weighted by Crippen LogP contribution is 2.48. The Morgan fingerprint density at radius 3 is 2.71 bits per heavy atom. The summed E-state index contributed by atoms with van der Waals surface area (Å²) in [6.45, 7) is 5.94. The van der Waals surface area contributed by atoms with E-state index in [9.17, 15) is 13.2 Å². The van der Waals surface area contributed by atoms with Crippen molar-refractivity contribution in [3.63, 3.8) is 0 Å². The number of hydrogen-bond acceptors (Lipinski definition) is 7. The Morgan fingerprint density at radius 2 is 2.00 bits per heavy atom. The number of nitrogens with zero attached hydrogens (tertiary/aromatic N) is 6. The molecule has 1 N–H and O–H groups in total. The number of alkyl halides is 3. The van der Waals surface area contributed by atoms with Gasteiger partial charge in [-0.05, 0) is 44.3 Å². The molecule has 3 fully saturated rings. The molecule has 3 aliphatic heterocycles. The predicted octanol–water partition coefficient (Wildman–Crippen LogP) is 3.78. The van der Waals surface area contributed by atoms with Crippen molar-refractivity contribution >= 4 is 27.4 Å². The van der Waals surface area contributed by atoms with Crippen LogP contribution in [0.5, 0.6) is 0 Å². The third-order valence-electron chi connectivity index (χ3n) is 7.84. The van der Waals surface area contributed by atoms with Crippen molar-refractivity contribution in [2.45, 2.75) is 37.9 Å². The van der Waals surface area contributed by atoms with Crippen LogP contribution < -0.4 is 10.2 Å². The molecule has 3 aliphatic rings. The third-order valence-corrected chi connectivity index (χ3v) is 8.88. The predicted molar refractivity (Wildman–Crippen MR) is 130 cm³/mol. The molecule has 0 unspecified atom stereocenters. The van der Waals surface area contributed by atoms with Gasteiger partial charge in [0.15, 0.2) is 0 Å². The standard InChI is InChI=1S/C24H30F3N7S/c1-32-11-17(10-31-32)20(16-2-5-28-6-3-16)34-13-23(14-34)4-7-33(12-23)21-19-8-18(9-24(25,26)27)35-22(19)30-15-29-21/h8,10-11,15-16,20,28H,2-7,9,12-14H2,1H3/t20-/m0/s1. The first-order valence-corrected chi connectivity index (χ1v) is 13.1. The number of rotatable bonds is 5. The molecular weight excluding hydrogens is 475 g/mol.